The van der Waals surface area contributed by atoms with Crippen LogP contribution >= 0.6 is 22.6 Å². The van der Waals surface area contributed by atoms with E-state index in [1.807, 2.05) is 12.1 Å². The molecule has 0 radical (unpaired) electrons. The first kappa shape index (κ1) is 11.3. The molecule has 90 valence electrons. The van der Waals surface area contributed by atoms with Crippen molar-refractivity contribution in [2.45, 2.75) is 31.8 Å². The maximum Gasteiger partial charge on any atom is 0.311 e. The second-order valence-electron chi connectivity index (χ2n) is 4.64. The number of carbonyl (C=O) groups excluding carboxylic acids is 1. The Labute approximate surface area is 114 Å². The second kappa shape index (κ2) is 4.15. The Morgan fingerprint density at radius 2 is 2.24 bits per heavy atom. The Balaban J connectivity index is 2.07. The van der Waals surface area contributed by atoms with Gasteiger partial charge in [0.2, 0.25) is 0 Å². The van der Waals surface area contributed by atoms with Crippen LogP contribution in [-0.4, -0.2) is 16.5 Å². The van der Waals surface area contributed by atoms with Gasteiger partial charge in [-0.15, -0.1) is 0 Å². The van der Waals surface area contributed by atoms with Crippen LogP contribution in [0.25, 0.3) is 0 Å². The monoisotopic (exact) mass is 344 g/mol. The van der Waals surface area contributed by atoms with E-state index in [1.54, 1.807) is 0 Å². The van der Waals surface area contributed by atoms with Crippen LogP contribution in [0.3, 0.4) is 0 Å². The van der Waals surface area contributed by atoms with Crippen LogP contribution in [0.1, 0.15) is 30.4 Å². The normalized spacial score (nSPS) is 25.9. The molecule has 17 heavy (non-hydrogen) atoms. The highest BCUT2D eigenvalue weighted by Gasteiger charge is 2.32. The largest absolute Gasteiger partial charge is 0.489 e. The molecule has 2 atom stereocenters. The van der Waals surface area contributed by atoms with E-state index in [4.69, 9.17) is 9.47 Å². The van der Waals surface area contributed by atoms with Gasteiger partial charge in [0, 0.05) is 16.4 Å². The quantitative estimate of drug-likeness (QED) is 0.340. The molecule has 0 spiro atoms. The zero-order valence-corrected chi connectivity index (χ0v) is 11.7. The van der Waals surface area contributed by atoms with E-state index in [2.05, 4.69) is 29.5 Å². The number of halogens is 1. The fourth-order valence-corrected chi connectivity index (χ4v) is 2.98. The highest BCUT2D eigenvalue weighted by atomic mass is 127. The summed E-state index contributed by atoms with van der Waals surface area (Å²) in [6, 6.07) is 4.04. The SMILES string of the molecule is CC1CC(=O)Oc2c1ccc1c2CC(CI)O1. The first-order valence-corrected chi connectivity index (χ1v) is 7.30. The minimum absolute atomic E-state index is 0.128. The van der Waals surface area contributed by atoms with Crippen LogP contribution < -0.4 is 9.47 Å². The van der Waals surface area contributed by atoms with E-state index in [9.17, 15) is 4.79 Å². The van der Waals surface area contributed by atoms with Crippen molar-refractivity contribution < 1.29 is 14.3 Å². The summed E-state index contributed by atoms with van der Waals surface area (Å²) in [5, 5.41) is 0. The third kappa shape index (κ3) is 1.82. The van der Waals surface area contributed by atoms with Gasteiger partial charge in [0.05, 0.1) is 6.42 Å². The van der Waals surface area contributed by atoms with Crippen LogP contribution in [-0.2, 0) is 11.2 Å². The van der Waals surface area contributed by atoms with Gasteiger partial charge in [0.1, 0.15) is 17.6 Å². The molecule has 3 nitrogen and oxygen atoms in total. The van der Waals surface area contributed by atoms with Gasteiger partial charge in [-0.2, -0.15) is 0 Å². The molecular weight excluding hydrogens is 331 g/mol. The molecule has 2 unspecified atom stereocenters. The van der Waals surface area contributed by atoms with Crippen molar-refractivity contribution in [1.82, 2.24) is 0 Å². The standard InChI is InChI=1S/C13H13IO3/c1-7-4-12(15)17-13-9(7)2-3-11-10(13)5-8(6-14)16-11/h2-3,7-8H,4-6H2,1H3. The lowest BCUT2D eigenvalue weighted by Gasteiger charge is -2.22. The average molecular weight is 344 g/mol. The Bertz CT molecular complexity index is 484. The number of fused-ring (bicyclic) bond motifs is 3. The van der Waals surface area contributed by atoms with Crippen molar-refractivity contribution in [1.29, 1.82) is 0 Å². The van der Waals surface area contributed by atoms with Crippen molar-refractivity contribution in [3.8, 4) is 11.5 Å². The molecule has 0 saturated carbocycles. The predicted molar refractivity (Wildman–Crippen MR) is 72.1 cm³/mol. The Kier molecular flexibility index (Phi) is 2.77. The smallest absolute Gasteiger partial charge is 0.311 e. The van der Waals surface area contributed by atoms with Gasteiger partial charge in [-0.25, -0.2) is 0 Å². The van der Waals surface area contributed by atoms with Crippen molar-refractivity contribution >= 4 is 28.6 Å². The van der Waals surface area contributed by atoms with E-state index in [0.717, 1.165) is 33.5 Å². The fourth-order valence-electron chi connectivity index (χ4n) is 2.49. The highest BCUT2D eigenvalue weighted by Crippen LogP contribution is 2.44. The van der Waals surface area contributed by atoms with Crippen molar-refractivity contribution in [2.24, 2.45) is 0 Å². The van der Waals surface area contributed by atoms with Crippen LogP contribution in [0.15, 0.2) is 12.1 Å². The molecule has 1 aromatic carbocycles. The molecule has 2 aliphatic heterocycles. The second-order valence-corrected chi connectivity index (χ2v) is 5.52. The van der Waals surface area contributed by atoms with Crippen molar-refractivity contribution in [3.63, 3.8) is 0 Å². The molecule has 0 aromatic heterocycles. The zero-order valence-electron chi connectivity index (χ0n) is 9.53. The highest BCUT2D eigenvalue weighted by molar-refractivity contribution is 14.1. The molecule has 0 fully saturated rings. The van der Waals surface area contributed by atoms with Crippen molar-refractivity contribution in [2.75, 3.05) is 4.43 Å². The summed E-state index contributed by atoms with van der Waals surface area (Å²) in [4.78, 5) is 11.5. The van der Waals surface area contributed by atoms with Crippen LogP contribution in [0.4, 0.5) is 0 Å². The lowest BCUT2D eigenvalue weighted by molar-refractivity contribution is -0.135. The lowest BCUT2D eigenvalue weighted by Crippen LogP contribution is -2.19. The van der Waals surface area contributed by atoms with Crippen LogP contribution in [0.2, 0.25) is 0 Å². The van der Waals surface area contributed by atoms with Gasteiger partial charge in [-0.1, -0.05) is 35.6 Å². The molecule has 1 aromatic rings. The molecule has 0 bridgehead atoms. The van der Waals surface area contributed by atoms with Gasteiger partial charge in [0.15, 0.2) is 0 Å². The van der Waals surface area contributed by atoms with Gasteiger partial charge in [-0.05, 0) is 17.5 Å². The topological polar surface area (TPSA) is 35.5 Å². The molecule has 2 aliphatic rings. The van der Waals surface area contributed by atoms with Gasteiger partial charge in [-0.3, -0.25) is 4.79 Å². The summed E-state index contributed by atoms with van der Waals surface area (Å²) < 4.78 is 12.2. The molecule has 3 rings (SSSR count). The van der Waals surface area contributed by atoms with Gasteiger partial charge in [0.25, 0.3) is 0 Å². The molecule has 0 saturated heterocycles. The fraction of sp³-hybridized carbons (Fsp3) is 0.462. The van der Waals surface area contributed by atoms with Crippen LogP contribution in [0.5, 0.6) is 11.5 Å². The Morgan fingerprint density at radius 3 is 3.00 bits per heavy atom. The minimum Gasteiger partial charge on any atom is -0.489 e. The third-order valence-corrected chi connectivity index (χ3v) is 4.35. The molecule has 0 aliphatic carbocycles. The molecule has 0 N–H and O–H groups in total. The van der Waals surface area contributed by atoms with E-state index >= 15 is 0 Å². The average Bonchev–Trinajstić information content (AvgIpc) is 2.72. The molecule has 2 heterocycles. The van der Waals surface area contributed by atoms with E-state index in [0.29, 0.717) is 6.42 Å². The predicted octanol–water partition coefficient (Wildman–Crippen LogP) is 2.84. The maximum absolute atomic E-state index is 11.5. The number of hydrogen-bond donors (Lipinski definition) is 0. The first-order valence-electron chi connectivity index (χ1n) is 5.78. The summed E-state index contributed by atoms with van der Waals surface area (Å²) in [5.74, 6) is 1.76. The number of hydrogen-bond acceptors (Lipinski definition) is 3. The van der Waals surface area contributed by atoms with Gasteiger partial charge >= 0.3 is 5.97 Å². The molecular formula is C13H13IO3. The number of ether oxygens (including phenoxy) is 2. The number of alkyl halides is 1. The minimum atomic E-state index is -0.128. The summed E-state index contributed by atoms with van der Waals surface area (Å²) in [6.07, 6.45) is 1.54. The first-order chi connectivity index (χ1) is 8.19. The molecule has 4 heteroatoms. The summed E-state index contributed by atoms with van der Waals surface area (Å²) in [7, 11) is 0. The van der Waals surface area contributed by atoms with E-state index in [-0.39, 0.29) is 18.0 Å². The van der Waals surface area contributed by atoms with Crippen molar-refractivity contribution in [3.05, 3.63) is 23.3 Å². The lowest BCUT2D eigenvalue weighted by atomic mass is 9.91. The summed E-state index contributed by atoms with van der Waals surface area (Å²) >= 11 is 2.32. The Morgan fingerprint density at radius 1 is 1.41 bits per heavy atom. The number of esters is 1. The molecule has 0 amide bonds. The van der Waals surface area contributed by atoms with Gasteiger partial charge < -0.3 is 9.47 Å². The van der Waals surface area contributed by atoms with Crippen LogP contribution in [0, 0.1) is 0 Å². The number of carbonyl (C=O) groups is 1. The summed E-state index contributed by atoms with van der Waals surface area (Å²) in [6.45, 7) is 2.07. The summed E-state index contributed by atoms with van der Waals surface area (Å²) in [5.41, 5.74) is 2.21. The number of rotatable bonds is 1. The zero-order chi connectivity index (χ0) is 12.0. The maximum atomic E-state index is 11.5. The van der Waals surface area contributed by atoms with E-state index < -0.39 is 0 Å². The number of benzene rings is 1. The van der Waals surface area contributed by atoms with E-state index in [1.165, 1.54) is 0 Å². The third-order valence-electron chi connectivity index (χ3n) is 3.37. The Hall–Kier alpha value is -0.780.